The van der Waals surface area contributed by atoms with E-state index in [1.54, 1.807) is 18.2 Å². The van der Waals surface area contributed by atoms with Gasteiger partial charge in [0.2, 0.25) is 5.91 Å². The van der Waals surface area contributed by atoms with Crippen molar-refractivity contribution in [2.24, 2.45) is 0 Å². The average molecular weight is 198 g/mol. The molecule has 0 aromatic heterocycles. The fourth-order valence-electron chi connectivity index (χ4n) is 1.51. The zero-order valence-corrected chi connectivity index (χ0v) is 7.58. The maximum Gasteiger partial charge on any atom is 0.233 e. The van der Waals surface area contributed by atoms with Gasteiger partial charge < -0.3 is 5.11 Å². The molecular formula is C9H8ClNO2. The molecule has 1 aromatic carbocycles. The summed E-state index contributed by atoms with van der Waals surface area (Å²) < 4.78 is 0. The zero-order valence-electron chi connectivity index (χ0n) is 6.83. The Hall–Kier alpha value is -1.06. The van der Waals surface area contributed by atoms with Gasteiger partial charge in [-0.3, -0.25) is 9.69 Å². The second-order valence-electron chi connectivity index (χ2n) is 2.91. The van der Waals surface area contributed by atoms with Crippen molar-refractivity contribution in [3.63, 3.8) is 0 Å². The van der Waals surface area contributed by atoms with Crippen LogP contribution in [0.1, 0.15) is 5.56 Å². The topological polar surface area (TPSA) is 40.5 Å². The first kappa shape index (κ1) is 8.53. The van der Waals surface area contributed by atoms with Crippen molar-refractivity contribution in [2.45, 2.75) is 6.42 Å². The molecule has 13 heavy (non-hydrogen) atoms. The molecule has 0 fully saturated rings. The Balaban J connectivity index is 2.48. The highest BCUT2D eigenvalue weighted by Crippen LogP contribution is 2.30. The van der Waals surface area contributed by atoms with E-state index in [2.05, 4.69) is 0 Å². The number of fused-ring (bicyclic) bond motifs is 1. The van der Waals surface area contributed by atoms with Crippen LogP contribution in [0.4, 0.5) is 5.69 Å². The molecule has 4 heteroatoms. The molecule has 0 bridgehead atoms. The second kappa shape index (κ2) is 3.01. The Labute approximate surface area is 80.5 Å². The van der Waals surface area contributed by atoms with Crippen LogP contribution in [0.2, 0.25) is 5.02 Å². The van der Waals surface area contributed by atoms with Gasteiger partial charge in [0, 0.05) is 10.7 Å². The molecule has 1 aliphatic rings. The highest BCUT2D eigenvalue weighted by atomic mass is 35.5. The maximum absolute atomic E-state index is 11.3. The van der Waals surface area contributed by atoms with Crippen molar-refractivity contribution in [3.05, 3.63) is 28.8 Å². The van der Waals surface area contributed by atoms with Crippen LogP contribution in [-0.4, -0.2) is 17.7 Å². The molecule has 2 rings (SSSR count). The normalized spacial score (nSPS) is 14.9. The first-order chi connectivity index (χ1) is 6.22. The number of carbonyl (C=O) groups excluding carboxylic acids is 1. The van der Waals surface area contributed by atoms with E-state index in [-0.39, 0.29) is 12.6 Å². The van der Waals surface area contributed by atoms with Gasteiger partial charge in [0.05, 0.1) is 6.42 Å². The van der Waals surface area contributed by atoms with Crippen LogP contribution in [0.5, 0.6) is 0 Å². The number of aliphatic hydroxyl groups is 1. The van der Waals surface area contributed by atoms with Gasteiger partial charge in [0.25, 0.3) is 0 Å². The Kier molecular flexibility index (Phi) is 1.98. The van der Waals surface area contributed by atoms with Gasteiger partial charge in [0.15, 0.2) is 0 Å². The van der Waals surface area contributed by atoms with Gasteiger partial charge in [-0.15, -0.1) is 0 Å². The number of aliphatic hydroxyl groups excluding tert-OH is 1. The van der Waals surface area contributed by atoms with E-state index >= 15 is 0 Å². The van der Waals surface area contributed by atoms with Crippen LogP contribution in [-0.2, 0) is 11.2 Å². The number of hydrogen-bond donors (Lipinski definition) is 1. The monoisotopic (exact) mass is 197 g/mol. The minimum atomic E-state index is -0.270. The van der Waals surface area contributed by atoms with Crippen LogP contribution in [0, 0.1) is 0 Å². The van der Waals surface area contributed by atoms with Gasteiger partial charge in [0.1, 0.15) is 6.73 Å². The Morgan fingerprint density at radius 2 is 2.31 bits per heavy atom. The summed E-state index contributed by atoms with van der Waals surface area (Å²) in [6.07, 6.45) is 0.330. The number of carbonyl (C=O) groups is 1. The standard InChI is InChI=1S/C9H8ClNO2/c10-7-1-2-8-6(3-7)4-9(13)11(8)5-12/h1-3,12H,4-5H2. The van der Waals surface area contributed by atoms with Crippen LogP contribution in [0.3, 0.4) is 0 Å². The van der Waals surface area contributed by atoms with Gasteiger partial charge in [-0.25, -0.2) is 0 Å². The number of benzene rings is 1. The molecule has 3 nitrogen and oxygen atoms in total. The van der Waals surface area contributed by atoms with E-state index in [9.17, 15) is 4.79 Å². The third kappa shape index (κ3) is 1.30. The van der Waals surface area contributed by atoms with E-state index in [4.69, 9.17) is 16.7 Å². The maximum atomic E-state index is 11.3. The van der Waals surface area contributed by atoms with E-state index in [0.717, 1.165) is 11.3 Å². The highest BCUT2D eigenvalue weighted by molar-refractivity contribution is 6.30. The molecule has 68 valence electrons. The molecule has 0 spiro atoms. The highest BCUT2D eigenvalue weighted by Gasteiger charge is 2.26. The van der Waals surface area contributed by atoms with E-state index < -0.39 is 0 Å². The largest absolute Gasteiger partial charge is 0.376 e. The lowest BCUT2D eigenvalue weighted by molar-refractivity contribution is -0.118. The molecule has 1 heterocycles. The lowest BCUT2D eigenvalue weighted by atomic mass is 10.2. The molecule has 0 radical (unpaired) electrons. The smallest absolute Gasteiger partial charge is 0.233 e. The first-order valence-corrected chi connectivity index (χ1v) is 4.30. The lowest BCUT2D eigenvalue weighted by Crippen LogP contribution is -2.27. The molecule has 0 atom stereocenters. The molecule has 0 saturated heterocycles. The summed E-state index contributed by atoms with van der Waals surface area (Å²) in [6.45, 7) is -0.270. The van der Waals surface area contributed by atoms with Crippen molar-refractivity contribution in [1.29, 1.82) is 0 Å². The van der Waals surface area contributed by atoms with Crippen molar-refractivity contribution in [3.8, 4) is 0 Å². The fraction of sp³-hybridized carbons (Fsp3) is 0.222. The number of hydrogen-bond acceptors (Lipinski definition) is 2. The van der Waals surface area contributed by atoms with Crippen LogP contribution in [0.25, 0.3) is 0 Å². The predicted molar refractivity (Wildman–Crippen MR) is 49.7 cm³/mol. The molecule has 1 N–H and O–H groups in total. The predicted octanol–water partition coefficient (Wildman–Crippen LogP) is 1.18. The SMILES string of the molecule is O=C1Cc2cc(Cl)ccc2N1CO. The van der Waals surface area contributed by atoms with Crippen molar-refractivity contribution < 1.29 is 9.90 Å². The average Bonchev–Trinajstić information content (AvgIpc) is 2.39. The van der Waals surface area contributed by atoms with Gasteiger partial charge in [-0.2, -0.15) is 0 Å². The summed E-state index contributed by atoms with van der Waals surface area (Å²) in [6, 6.07) is 5.21. The third-order valence-corrected chi connectivity index (χ3v) is 2.35. The third-order valence-electron chi connectivity index (χ3n) is 2.12. The van der Waals surface area contributed by atoms with Crippen LogP contribution >= 0.6 is 11.6 Å². The van der Waals surface area contributed by atoms with Gasteiger partial charge in [-0.1, -0.05) is 11.6 Å². The van der Waals surface area contributed by atoms with Crippen molar-refractivity contribution in [1.82, 2.24) is 0 Å². The summed E-state index contributed by atoms with van der Waals surface area (Å²) in [5.41, 5.74) is 1.64. The van der Waals surface area contributed by atoms with Crippen molar-refractivity contribution >= 4 is 23.2 Å². The van der Waals surface area contributed by atoms with E-state index in [0.29, 0.717) is 11.4 Å². The van der Waals surface area contributed by atoms with Gasteiger partial charge in [-0.05, 0) is 23.8 Å². The Bertz CT molecular complexity index is 365. The van der Waals surface area contributed by atoms with Crippen LogP contribution < -0.4 is 4.90 Å². The Morgan fingerprint density at radius 3 is 3.00 bits per heavy atom. The second-order valence-corrected chi connectivity index (χ2v) is 3.35. The molecular weight excluding hydrogens is 190 g/mol. The summed E-state index contributed by atoms with van der Waals surface area (Å²) in [7, 11) is 0. The summed E-state index contributed by atoms with van der Waals surface area (Å²) >= 11 is 5.77. The lowest BCUT2D eigenvalue weighted by Gasteiger charge is -2.12. The Morgan fingerprint density at radius 1 is 1.54 bits per heavy atom. The summed E-state index contributed by atoms with van der Waals surface area (Å²) in [4.78, 5) is 12.6. The summed E-state index contributed by atoms with van der Waals surface area (Å²) in [5.74, 6) is -0.0835. The molecule has 1 aromatic rings. The van der Waals surface area contributed by atoms with E-state index in [1.807, 2.05) is 0 Å². The summed E-state index contributed by atoms with van der Waals surface area (Å²) in [5, 5.41) is 9.54. The number of rotatable bonds is 1. The number of nitrogens with zero attached hydrogens (tertiary/aromatic N) is 1. The quantitative estimate of drug-likeness (QED) is 0.735. The van der Waals surface area contributed by atoms with E-state index in [1.165, 1.54) is 4.90 Å². The number of anilines is 1. The number of amides is 1. The minimum Gasteiger partial charge on any atom is -0.376 e. The number of halogens is 1. The molecule has 1 aliphatic heterocycles. The first-order valence-electron chi connectivity index (χ1n) is 3.92. The molecule has 1 amide bonds. The zero-order chi connectivity index (χ0) is 9.42. The molecule has 0 aliphatic carbocycles. The molecule has 0 saturated carbocycles. The van der Waals surface area contributed by atoms with Crippen LogP contribution in [0.15, 0.2) is 18.2 Å². The van der Waals surface area contributed by atoms with Crippen molar-refractivity contribution in [2.75, 3.05) is 11.6 Å². The van der Waals surface area contributed by atoms with Gasteiger partial charge >= 0.3 is 0 Å². The fourth-order valence-corrected chi connectivity index (χ4v) is 1.70. The minimum absolute atomic E-state index is 0.0835. The molecule has 0 unspecified atom stereocenters.